The Morgan fingerprint density at radius 1 is 1.14 bits per heavy atom. The van der Waals surface area contributed by atoms with Crippen LogP contribution in [0.25, 0.3) is 17.2 Å². The number of aromatic nitrogens is 4. The van der Waals surface area contributed by atoms with Crippen molar-refractivity contribution in [2.75, 3.05) is 5.32 Å². The van der Waals surface area contributed by atoms with E-state index in [1.54, 1.807) is 0 Å². The van der Waals surface area contributed by atoms with Crippen molar-refractivity contribution in [2.45, 2.75) is 58.3 Å². The lowest BCUT2D eigenvalue weighted by Gasteiger charge is -2.20. The van der Waals surface area contributed by atoms with Gasteiger partial charge in [0.2, 0.25) is 11.7 Å². The smallest absolute Gasteiger partial charge is 0.254 e. The van der Waals surface area contributed by atoms with Crippen LogP contribution in [0.1, 0.15) is 58.4 Å². The Hall–Kier alpha value is -2.96. The van der Waals surface area contributed by atoms with Gasteiger partial charge in [-0.15, -0.1) is 5.10 Å². The molecule has 3 aromatic rings. The summed E-state index contributed by atoms with van der Waals surface area (Å²) in [7, 11) is 0. The molecule has 29 heavy (non-hydrogen) atoms. The van der Waals surface area contributed by atoms with Gasteiger partial charge >= 0.3 is 0 Å². The number of anilines is 1. The second kappa shape index (κ2) is 7.46. The molecule has 0 aliphatic heterocycles. The molecule has 1 amide bonds. The van der Waals surface area contributed by atoms with Crippen molar-refractivity contribution in [3.8, 4) is 11.4 Å². The molecule has 0 radical (unpaired) electrons. The summed E-state index contributed by atoms with van der Waals surface area (Å²) in [5.41, 5.74) is 1.82. The van der Waals surface area contributed by atoms with Gasteiger partial charge in [0.1, 0.15) is 5.82 Å². The van der Waals surface area contributed by atoms with E-state index in [0.717, 1.165) is 31.2 Å². The Bertz CT molecular complexity index is 1080. The van der Waals surface area contributed by atoms with Crippen molar-refractivity contribution in [2.24, 2.45) is 5.92 Å². The number of rotatable bonds is 3. The first kappa shape index (κ1) is 19.4. The molecule has 0 unspecified atom stereocenters. The minimum Gasteiger partial charge on any atom is -0.310 e. The lowest BCUT2D eigenvalue weighted by atomic mass is 9.87. The van der Waals surface area contributed by atoms with Gasteiger partial charge in [0.05, 0.1) is 0 Å². The summed E-state index contributed by atoms with van der Waals surface area (Å²) in [6.45, 7) is 6.49. The maximum atomic E-state index is 12.6. The summed E-state index contributed by atoms with van der Waals surface area (Å²) in [6, 6.07) is 9.45. The summed E-state index contributed by atoms with van der Waals surface area (Å²) in [5, 5.41) is 7.43. The predicted molar refractivity (Wildman–Crippen MR) is 113 cm³/mol. The first-order valence-electron chi connectivity index (χ1n) is 10.2. The summed E-state index contributed by atoms with van der Waals surface area (Å²) >= 11 is 0. The molecule has 7 nitrogen and oxygen atoms in total. The van der Waals surface area contributed by atoms with Crippen LogP contribution in [0.5, 0.6) is 0 Å². The molecule has 1 saturated carbocycles. The lowest BCUT2D eigenvalue weighted by Crippen LogP contribution is -2.27. The average Bonchev–Trinajstić information content (AvgIpc) is 3.12. The van der Waals surface area contributed by atoms with E-state index in [1.165, 1.54) is 22.6 Å². The Balaban J connectivity index is 1.66. The van der Waals surface area contributed by atoms with Gasteiger partial charge in [0.25, 0.3) is 5.56 Å². The second-order valence-electron chi connectivity index (χ2n) is 8.84. The third-order valence-corrected chi connectivity index (χ3v) is 5.57. The molecule has 4 rings (SSSR count). The van der Waals surface area contributed by atoms with Crippen molar-refractivity contribution >= 4 is 17.5 Å². The summed E-state index contributed by atoms with van der Waals surface area (Å²) < 4.78 is 1.50. The number of H-pyrrole nitrogens is 1. The van der Waals surface area contributed by atoms with Crippen molar-refractivity contribution in [3.05, 3.63) is 46.2 Å². The van der Waals surface area contributed by atoms with E-state index in [1.807, 2.05) is 12.1 Å². The van der Waals surface area contributed by atoms with E-state index >= 15 is 0 Å². The van der Waals surface area contributed by atoms with Gasteiger partial charge in [-0.1, -0.05) is 64.3 Å². The fourth-order valence-electron chi connectivity index (χ4n) is 3.82. The zero-order valence-electron chi connectivity index (χ0n) is 17.2. The van der Waals surface area contributed by atoms with Crippen molar-refractivity contribution < 1.29 is 4.79 Å². The zero-order chi connectivity index (χ0) is 20.6. The lowest BCUT2D eigenvalue weighted by molar-refractivity contribution is -0.120. The van der Waals surface area contributed by atoms with Crippen LogP contribution < -0.4 is 10.9 Å². The number of nitrogens with one attached hydrogen (secondary N) is 2. The van der Waals surface area contributed by atoms with Gasteiger partial charge in [0, 0.05) is 17.5 Å². The normalized spacial score (nSPS) is 15.6. The SMILES string of the molecule is CC(C)(C)c1ccc(-c2nc3[nH]c(=O)cc(NC(=O)C4CCCCC4)n3n2)cc1. The second-order valence-corrected chi connectivity index (χ2v) is 8.84. The number of fused-ring (bicyclic) bond motifs is 1. The maximum Gasteiger partial charge on any atom is 0.254 e. The molecule has 0 spiro atoms. The zero-order valence-corrected chi connectivity index (χ0v) is 17.2. The highest BCUT2D eigenvalue weighted by Gasteiger charge is 2.22. The monoisotopic (exact) mass is 393 g/mol. The molecular formula is C22H27N5O2. The van der Waals surface area contributed by atoms with Gasteiger partial charge in [-0.05, 0) is 23.8 Å². The van der Waals surface area contributed by atoms with Crippen LogP contribution in [0.3, 0.4) is 0 Å². The average molecular weight is 393 g/mol. The summed E-state index contributed by atoms with van der Waals surface area (Å²) in [6.07, 6.45) is 5.10. The van der Waals surface area contributed by atoms with Crippen LogP contribution in [-0.2, 0) is 10.2 Å². The molecule has 1 aliphatic rings. The number of hydrogen-bond acceptors (Lipinski definition) is 4. The molecule has 7 heteroatoms. The number of amides is 1. The molecule has 0 saturated heterocycles. The molecule has 152 valence electrons. The van der Waals surface area contributed by atoms with Crippen LogP contribution in [-0.4, -0.2) is 25.5 Å². The van der Waals surface area contributed by atoms with E-state index < -0.39 is 0 Å². The Kier molecular flexibility index (Phi) is 4.98. The van der Waals surface area contributed by atoms with Crippen LogP contribution in [0, 0.1) is 5.92 Å². The van der Waals surface area contributed by atoms with Crippen molar-refractivity contribution in [1.82, 2.24) is 19.6 Å². The number of carbonyl (C=O) groups is 1. The third-order valence-electron chi connectivity index (χ3n) is 5.57. The Labute approximate surface area is 169 Å². The predicted octanol–water partition coefficient (Wildman–Crippen LogP) is 3.90. The molecule has 2 N–H and O–H groups in total. The van der Waals surface area contributed by atoms with Gasteiger partial charge < -0.3 is 5.32 Å². The van der Waals surface area contributed by atoms with Gasteiger partial charge in [0.15, 0.2) is 5.82 Å². The van der Waals surface area contributed by atoms with Crippen LogP contribution in [0.4, 0.5) is 5.82 Å². The van der Waals surface area contributed by atoms with E-state index in [4.69, 9.17) is 0 Å². The van der Waals surface area contributed by atoms with E-state index in [0.29, 0.717) is 17.4 Å². The molecule has 1 aromatic carbocycles. The standard InChI is InChI=1S/C22H27N5O2/c1-22(2,3)16-11-9-14(10-12-16)19-25-21-24-18(28)13-17(27(21)26-19)23-20(29)15-7-5-4-6-8-15/h9-13,15H,4-8H2,1-3H3,(H,23,29)(H,24,25,26,28). The highest BCUT2D eigenvalue weighted by Crippen LogP contribution is 2.26. The largest absolute Gasteiger partial charge is 0.310 e. The van der Waals surface area contributed by atoms with Gasteiger partial charge in [-0.3, -0.25) is 14.6 Å². The number of hydrogen-bond donors (Lipinski definition) is 2. The number of aromatic amines is 1. The Morgan fingerprint density at radius 3 is 2.48 bits per heavy atom. The van der Waals surface area contributed by atoms with E-state index in [2.05, 4.69) is 53.3 Å². The van der Waals surface area contributed by atoms with Crippen LogP contribution >= 0.6 is 0 Å². The topological polar surface area (TPSA) is 92.1 Å². The van der Waals surface area contributed by atoms with Gasteiger partial charge in [-0.25, -0.2) is 0 Å². The quantitative estimate of drug-likeness (QED) is 0.706. The van der Waals surface area contributed by atoms with Crippen molar-refractivity contribution in [3.63, 3.8) is 0 Å². The summed E-state index contributed by atoms with van der Waals surface area (Å²) in [5.74, 6) is 1.10. The van der Waals surface area contributed by atoms with E-state index in [-0.39, 0.29) is 22.8 Å². The van der Waals surface area contributed by atoms with E-state index in [9.17, 15) is 9.59 Å². The number of benzene rings is 1. The molecule has 0 atom stereocenters. The van der Waals surface area contributed by atoms with Crippen LogP contribution in [0.2, 0.25) is 0 Å². The maximum absolute atomic E-state index is 12.6. The minimum atomic E-state index is -0.321. The summed E-state index contributed by atoms with van der Waals surface area (Å²) in [4.78, 5) is 31.9. The molecule has 2 aromatic heterocycles. The highest BCUT2D eigenvalue weighted by atomic mass is 16.2. The number of carbonyl (C=O) groups excluding carboxylic acids is 1. The molecule has 2 heterocycles. The van der Waals surface area contributed by atoms with Crippen LogP contribution in [0.15, 0.2) is 35.1 Å². The third kappa shape index (κ3) is 4.09. The highest BCUT2D eigenvalue weighted by molar-refractivity contribution is 5.92. The Morgan fingerprint density at radius 2 is 1.83 bits per heavy atom. The molecule has 1 fully saturated rings. The van der Waals surface area contributed by atoms with Gasteiger partial charge in [-0.2, -0.15) is 9.50 Å². The molecule has 0 bridgehead atoms. The first-order valence-corrected chi connectivity index (χ1v) is 10.2. The minimum absolute atomic E-state index is 0.00831. The first-order chi connectivity index (χ1) is 13.8. The fraction of sp³-hybridized carbons (Fsp3) is 0.455. The molecular weight excluding hydrogens is 366 g/mol. The fourth-order valence-corrected chi connectivity index (χ4v) is 3.82. The molecule has 1 aliphatic carbocycles. The van der Waals surface area contributed by atoms with Crippen molar-refractivity contribution in [1.29, 1.82) is 0 Å². The number of nitrogens with zero attached hydrogens (tertiary/aromatic N) is 3.